The Morgan fingerprint density at radius 1 is 1.00 bits per heavy atom. The van der Waals surface area contributed by atoms with Crippen LogP contribution in [-0.2, 0) is 6.54 Å². The smallest absolute Gasteiger partial charge is 0.229 e. The average molecular weight is 349 g/mol. The topological polar surface area (TPSA) is 72.0 Å². The lowest BCUT2D eigenvalue weighted by Gasteiger charge is -2.12. The van der Waals surface area contributed by atoms with Crippen molar-refractivity contribution < 1.29 is 4.74 Å². The molecule has 26 heavy (non-hydrogen) atoms. The van der Waals surface area contributed by atoms with Gasteiger partial charge in [-0.2, -0.15) is 4.98 Å². The largest absolute Gasteiger partial charge is 0.491 e. The zero-order chi connectivity index (χ0) is 18.4. The predicted molar refractivity (Wildman–Crippen MR) is 104 cm³/mol. The SMILES string of the molecule is Cc1cc(NCc2ccncc2)nc(Nc2ccc(OC(C)C)cc2)n1. The Balaban J connectivity index is 1.67. The van der Waals surface area contributed by atoms with E-state index in [2.05, 4.69) is 25.6 Å². The number of hydrogen-bond donors (Lipinski definition) is 2. The van der Waals surface area contributed by atoms with E-state index in [1.54, 1.807) is 12.4 Å². The van der Waals surface area contributed by atoms with Crippen molar-refractivity contribution in [1.29, 1.82) is 0 Å². The molecule has 0 amide bonds. The van der Waals surface area contributed by atoms with Gasteiger partial charge in [0.05, 0.1) is 6.10 Å². The van der Waals surface area contributed by atoms with Crippen LogP contribution in [0, 0.1) is 6.92 Å². The third-order valence-corrected chi connectivity index (χ3v) is 3.56. The van der Waals surface area contributed by atoms with E-state index in [1.807, 2.05) is 63.2 Å². The number of anilines is 3. The van der Waals surface area contributed by atoms with Crippen LogP contribution in [0.15, 0.2) is 54.9 Å². The van der Waals surface area contributed by atoms with E-state index in [4.69, 9.17) is 4.74 Å². The molecule has 2 N–H and O–H groups in total. The molecule has 3 rings (SSSR count). The summed E-state index contributed by atoms with van der Waals surface area (Å²) in [6.07, 6.45) is 3.71. The number of nitrogens with zero attached hydrogens (tertiary/aromatic N) is 3. The van der Waals surface area contributed by atoms with Crippen LogP contribution in [0.3, 0.4) is 0 Å². The molecule has 0 saturated carbocycles. The van der Waals surface area contributed by atoms with E-state index in [0.29, 0.717) is 12.5 Å². The van der Waals surface area contributed by atoms with Crippen LogP contribution >= 0.6 is 0 Å². The number of aromatic nitrogens is 3. The number of nitrogens with one attached hydrogen (secondary N) is 2. The predicted octanol–water partition coefficient (Wildman–Crippen LogP) is 4.32. The third-order valence-electron chi connectivity index (χ3n) is 3.56. The number of rotatable bonds is 7. The maximum Gasteiger partial charge on any atom is 0.229 e. The normalized spacial score (nSPS) is 10.6. The minimum Gasteiger partial charge on any atom is -0.491 e. The molecular weight excluding hydrogens is 326 g/mol. The minimum atomic E-state index is 0.156. The summed E-state index contributed by atoms with van der Waals surface area (Å²) < 4.78 is 5.66. The highest BCUT2D eigenvalue weighted by atomic mass is 16.5. The number of ether oxygens (including phenoxy) is 1. The van der Waals surface area contributed by atoms with E-state index >= 15 is 0 Å². The zero-order valence-electron chi connectivity index (χ0n) is 15.2. The molecule has 0 aliphatic rings. The van der Waals surface area contributed by atoms with Gasteiger partial charge in [-0.3, -0.25) is 4.98 Å². The second-order valence-corrected chi connectivity index (χ2v) is 6.24. The Morgan fingerprint density at radius 3 is 2.42 bits per heavy atom. The van der Waals surface area contributed by atoms with Gasteiger partial charge in [0.15, 0.2) is 0 Å². The van der Waals surface area contributed by atoms with Crippen molar-refractivity contribution in [3.63, 3.8) is 0 Å². The monoisotopic (exact) mass is 349 g/mol. The van der Waals surface area contributed by atoms with Gasteiger partial charge < -0.3 is 15.4 Å². The Morgan fingerprint density at radius 2 is 1.73 bits per heavy atom. The minimum absolute atomic E-state index is 0.156. The lowest BCUT2D eigenvalue weighted by atomic mass is 10.3. The number of benzene rings is 1. The molecule has 0 aliphatic carbocycles. The molecule has 0 saturated heterocycles. The number of pyridine rings is 1. The van der Waals surface area contributed by atoms with Crippen molar-refractivity contribution >= 4 is 17.5 Å². The van der Waals surface area contributed by atoms with Crippen molar-refractivity contribution in [3.8, 4) is 5.75 Å². The van der Waals surface area contributed by atoms with Crippen LogP contribution in [0.25, 0.3) is 0 Å². The molecule has 6 nitrogen and oxygen atoms in total. The maximum atomic E-state index is 5.66. The number of hydrogen-bond acceptors (Lipinski definition) is 6. The van der Waals surface area contributed by atoms with Crippen LogP contribution < -0.4 is 15.4 Å². The summed E-state index contributed by atoms with van der Waals surface area (Å²) in [7, 11) is 0. The zero-order valence-corrected chi connectivity index (χ0v) is 15.2. The molecule has 0 atom stereocenters. The Hall–Kier alpha value is -3.15. The first kappa shape index (κ1) is 17.7. The fraction of sp³-hybridized carbons (Fsp3) is 0.250. The fourth-order valence-corrected chi connectivity index (χ4v) is 2.43. The first-order chi connectivity index (χ1) is 12.6. The summed E-state index contributed by atoms with van der Waals surface area (Å²) in [6, 6.07) is 13.6. The lowest BCUT2D eigenvalue weighted by Crippen LogP contribution is -2.06. The Kier molecular flexibility index (Phi) is 5.63. The van der Waals surface area contributed by atoms with Gasteiger partial charge in [-0.05, 0) is 62.7 Å². The molecule has 0 spiro atoms. The van der Waals surface area contributed by atoms with E-state index in [9.17, 15) is 0 Å². The van der Waals surface area contributed by atoms with Crippen molar-refractivity contribution in [1.82, 2.24) is 15.0 Å². The molecular formula is C20H23N5O. The van der Waals surface area contributed by atoms with E-state index in [1.165, 1.54) is 0 Å². The molecule has 3 aromatic rings. The summed E-state index contributed by atoms with van der Waals surface area (Å²) >= 11 is 0. The van der Waals surface area contributed by atoms with Gasteiger partial charge in [-0.15, -0.1) is 0 Å². The summed E-state index contributed by atoms with van der Waals surface area (Å²) in [6.45, 7) is 6.64. The summed E-state index contributed by atoms with van der Waals surface area (Å²) in [4.78, 5) is 13.0. The third kappa shape index (κ3) is 5.17. The first-order valence-electron chi connectivity index (χ1n) is 8.61. The van der Waals surface area contributed by atoms with Gasteiger partial charge in [0.25, 0.3) is 0 Å². The molecule has 134 valence electrons. The molecule has 2 heterocycles. The fourth-order valence-electron chi connectivity index (χ4n) is 2.43. The van der Waals surface area contributed by atoms with Gasteiger partial charge in [0.1, 0.15) is 11.6 Å². The first-order valence-corrected chi connectivity index (χ1v) is 8.61. The molecule has 1 aromatic carbocycles. The maximum absolute atomic E-state index is 5.66. The molecule has 0 radical (unpaired) electrons. The van der Waals surface area contributed by atoms with Gasteiger partial charge in [0, 0.05) is 36.4 Å². The standard InChI is InChI=1S/C20H23N5O/c1-14(2)26-18-6-4-17(5-7-18)24-20-23-15(3)12-19(25-20)22-13-16-8-10-21-11-9-16/h4-12,14H,13H2,1-3H3,(H2,22,23,24,25). The van der Waals surface area contributed by atoms with Gasteiger partial charge in [0.2, 0.25) is 5.95 Å². The highest BCUT2D eigenvalue weighted by Crippen LogP contribution is 2.20. The van der Waals surface area contributed by atoms with E-state index in [0.717, 1.165) is 28.5 Å². The van der Waals surface area contributed by atoms with E-state index in [-0.39, 0.29) is 6.10 Å². The van der Waals surface area contributed by atoms with Gasteiger partial charge in [-0.25, -0.2) is 4.98 Å². The molecule has 0 bridgehead atoms. The Bertz CT molecular complexity index is 835. The summed E-state index contributed by atoms with van der Waals surface area (Å²) in [5.41, 5.74) is 2.94. The second-order valence-electron chi connectivity index (χ2n) is 6.24. The van der Waals surface area contributed by atoms with Crippen LogP contribution in [-0.4, -0.2) is 21.1 Å². The van der Waals surface area contributed by atoms with Crippen LogP contribution in [0.2, 0.25) is 0 Å². The average Bonchev–Trinajstić information content (AvgIpc) is 2.62. The lowest BCUT2D eigenvalue weighted by molar-refractivity contribution is 0.242. The molecule has 0 fully saturated rings. The number of aryl methyl sites for hydroxylation is 1. The highest BCUT2D eigenvalue weighted by molar-refractivity contribution is 5.56. The van der Waals surface area contributed by atoms with Gasteiger partial charge >= 0.3 is 0 Å². The molecule has 0 aliphatic heterocycles. The highest BCUT2D eigenvalue weighted by Gasteiger charge is 2.04. The van der Waals surface area contributed by atoms with Crippen molar-refractivity contribution in [2.24, 2.45) is 0 Å². The molecule has 6 heteroatoms. The van der Waals surface area contributed by atoms with E-state index < -0.39 is 0 Å². The van der Waals surface area contributed by atoms with Crippen molar-refractivity contribution in [3.05, 3.63) is 66.1 Å². The summed E-state index contributed by atoms with van der Waals surface area (Å²) in [5.74, 6) is 2.17. The van der Waals surface area contributed by atoms with Gasteiger partial charge in [-0.1, -0.05) is 0 Å². The van der Waals surface area contributed by atoms with Crippen LogP contribution in [0.4, 0.5) is 17.5 Å². The van der Waals surface area contributed by atoms with Crippen molar-refractivity contribution in [2.45, 2.75) is 33.4 Å². The summed E-state index contributed by atoms with van der Waals surface area (Å²) in [5, 5.41) is 6.56. The van der Waals surface area contributed by atoms with Crippen LogP contribution in [0.1, 0.15) is 25.1 Å². The van der Waals surface area contributed by atoms with Crippen LogP contribution in [0.5, 0.6) is 5.75 Å². The van der Waals surface area contributed by atoms with Crippen molar-refractivity contribution in [2.75, 3.05) is 10.6 Å². The molecule has 2 aromatic heterocycles. The quantitative estimate of drug-likeness (QED) is 0.662. The molecule has 0 unspecified atom stereocenters. The Labute approximate surface area is 153 Å². The second kappa shape index (κ2) is 8.29.